The molecule has 0 amide bonds. The van der Waals surface area contributed by atoms with Gasteiger partial charge in [0.05, 0.1) is 11.2 Å². The first-order valence-electron chi connectivity index (χ1n) is 8.50. The molecule has 0 atom stereocenters. The van der Waals surface area contributed by atoms with Gasteiger partial charge in [-0.3, -0.25) is 9.82 Å². The Hall–Kier alpha value is -2.73. The Morgan fingerprint density at radius 2 is 1.97 bits per heavy atom. The molecule has 2 aromatic carbocycles. The second kappa shape index (κ2) is 8.42. The number of halogens is 3. The van der Waals surface area contributed by atoms with Crippen LogP contribution in [0, 0.1) is 12.7 Å². The van der Waals surface area contributed by atoms with Crippen LogP contribution in [0.1, 0.15) is 5.69 Å². The second-order valence-corrected chi connectivity index (χ2v) is 9.54. The highest BCUT2D eigenvalue weighted by Gasteiger charge is 2.24. The van der Waals surface area contributed by atoms with Crippen LogP contribution in [0.5, 0.6) is 11.5 Å². The van der Waals surface area contributed by atoms with Crippen LogP contribution in [0.4, 0.5) is 9.52 Å². The van der Waals surface area contributed by atoms with Crippen molar-refractivity contribution in [2.75, 3.05) is 4.72 Å². The zero-order chi connectivity index (χ0) is 22.2. The van der Waals surface area contributed by atoms with Crippen molar-refractivity contribution in [3.05, 3.63) is 63.6 Å². The molecule has 2 N–H and O–H groups in total. The van der Waals surface area contributed by atoms with Crippen molar-refractivity contribution in [1.82, 2.24) is 20.4 Å². The summed E-state index contributed by atoms with van der Waals surface area (Å²) in [5, 5.41) is 14.3. The summed E-state index contributed by atoms with van der Waals surface area (Å²) < 4.78 is 47.7. The summed E-state index contributed by atoms with van der Waals surface area (Å²) in [5.41, 5.74) is 3.44. The van der Waals surface area contributed by atoms with Crippen molar-refractivity contribution >= 4 is 49.7 Å². The highest BCUT2D eigenvalue weighted by Crippen LogP contribution is 2.39. The lowest BCUT2D eigenvalue weighted by Crippen LogP contribution is -2.14. The van der Waals surface area contributed by atoms with E-state index >= 15 is 0 Å². The third kappa shape index (κ3) is 4.49. The van der Waals surface area contributed by atoms with Crippen LogP contribution in [0.25, 0.3) is 11.1 Å². The van der Waals surface area contributed by atoms with Crippen molar-refractivity contribution < 1.29 is 17.5 Å². The van der Waals surface area contributed by atoms with Crippen molar-refractivity contribution in [2.45, 2.75) is 11.8 Å². The topological polar surface area (TPSA) is 110 Å². The molecule has 2 heterocycles. The number of aromatic amines is 1. The van der Waals surface area contributed by atoms with E-state index in [2.05, 4.69) is 25.1 Å². The van der Waals surface area contributed by atoms with Crippen molar-refractivity contribution in [3.63, 3.8) is 0 Å². The summed E-state index contributed by atoms with van der Waals surface area (Å²) in [5.74, 6) is -0.789. The lowest BCUT2D eigenvalue weighted by Gasteiger charge is -2.14. The summed E-state index contributed by atoms with van der Waals surface area (Å²) in [6, 6.07) is 6.74. The van der Waals surface area contributed by atoms with Crippen LogP contribution in [0.3, 0.4) is 0 Å². The number of aryl methyl sites for hydroxylation is 1. The van der Waals surface area contributed by atoms with Gasteiger partial charge in [-0.05, 0) is 31.2 Å². The molecule has 4 aromatic rings. The minimum atomic E-state index is -4.27. The van der Waals surface area contributed by atoms with Crippen LogP contribution >= 0.6 is 34.5 Å². The fraction of sp³-hybridized carbons (Fsp3) is 0.0556. The van der Waals surface area contributed by atoms with Gasteiger partial charge in [-0.2, -0.15) is 5.10 Å². The first-order chi connectivity index (χ1) is 14.7. The molecule has 0 radical (unpaired) electrons. The number of anilines is 1. The van der Waals surface area contributed by atoms with Crippen LogP contribution in [-0.2, 0) is 10.0 Å². The second-order valence-electron chi connectivity index (χ2n) is 6.21. The Morgan fingerprint density at radius 1 is 1.16 bits per heavy atom. The van der Waals surface area contributed by atoms with Gasteiger partial charge in [0.25, 0.3) is 10.0 Å². The zero-order valence-electron chi connectivity index (χ0n) is 15.6. The minimum absolute atomic E-state index is 0.00265. The van der Waals surface area contributed by atoms with Crippen molar-refractivity contribution in [3.8, 4) is 22.6 Å². The Bertz CT molecular complexity index is 1360. The average Bonchev–Trinajstić information content (AvgIpc) is 3.36. The lowest BCUT2D eigenvalue weighted by molar-refractivity contribution is 0.475. The number of hydrogen-bond acceptors (Lipinski definition) is 7. The molecule has 0 aliphatic rings. The molecular formula is C18H12Cl2FN5O3S2. The number of nitrogens with zero attached hydrogens (tertiary/aromatic N) is 3. The minimum Gasteiger partial charge on any atom is -0.455 e. The predicted octanol–water partition coefficient (Wildman–Crippen LogP) is 5.28. The van der Waals surface area contributed by atoms with Crippen molar-refractivity contribution in [1.29, 1.82) is 0 Å². The van der Waals surface area contributed by atoms with Crippen LogP contribution < -0.4 is 9.46 Å². The fourth-order valence-electron chi connectivity index (χ4n) is 2.72. The third-order valence-corrected chi connectivity index (χ3v) is 6.76. The van der Waals surface area contributed by atoms with E-state index in [1.54, 1.807) is 24.4 Å². The number of ether oxygens (including phenoxy) is 1. The van der Waals surface area contributed by atoms with Gasteiger partial charge in [-0.15, -0.1) is 10.2 Å². The van der Waals surface area contributed by atoms with Gasteiger partial charge in [-0.1, -0.05) is 34.5 Å². The van der Waals surface area contributed by atoms with Gasteiger partial charge >= 0.3 is 0 Å². The van der Waals surface area contributed by atoms with Gasteiger partial charge in [-0.25, -0.2) is 12.8 Å². The summed E-state index contributed by atoms with van der Waals surface area (Å²) >= 11 is 13.3. The average molecular weight is 500 g/mol. The Balaban J connectivity index is 1.70. The van der Waals surface area contributed by atoms with Crippen LogP contribution in [-0.4, -0.2) is 28.8 Å². The van der Waals surface area contributed by atoms with E-state index in [1.807, 2.05) is 6.92 Å². The summed E-state index contributed by atoms with van der Waals surface area (Å²) in [7, 11) is -4.27. The van der Waals surface area contributed by atoms with Gasteiger partial charge in [0.15, 0.2) is 0 Å². The number of sulfonamides is 1. The van der Waals surface area contributed by atoms with Gasteiger partial charge in [0, 0.05) is 27.9 Å². The van der Waals surface area contributed by atoms with Gasteiger partial charge in [0.1, 0.15) is 27.7 Å². The molecule has 0 saturated heterocycles. The number of aromatic nitrogens is 4. The van der Waals surface area contributed by atoms with E-state index in [1.165, 1.54) is 5.51 Å². The molecule has 0 bridgehead atoms. The number of H-pyrrole nitrogens is 1. The summed E-state index contributed by atoms with van der Waals surface area (Å²) in [4.78, 5) is -0.651. The number of nitrogens with one attached hydrogen (secondary N) is 2. The molecule has 0 aliphatic carbocycles. The maximum Gasteiger partial charge on any atom is 0.266 e. The zero-order valence-corrected chi connectivity index (χ0v) is 18.7. The standard InChI is InChI=1S/C18H12Cl2FN5O3S2/c1-9-12(7-22-24-9)11-4-10(19)2-3-15(11)29-16-6-14(21)17(5-13(16)20)31(27,28)26-18-25-23-8-30-18/h2-8H,1H3,(H,22,24)(H,25,26). The maximum atomic E-state index is 14.7. The molecule has 4 rings (SSSR count). The van der Waals surface area contributed by atoms with E-state index in [-0.39, 0.29) is 15.9 Å². The lowest BCUT2D eigenvalue weighted by atomic mass is 10.1. The number of benzene rings is 2. The Kier molecular flexibility index (Phi) is 5.84. The number of hydrogen-bond donors (Lipinski definition) is 2. The Labute approximate surface area is 190 Å². The quantitative estimate of drug-likeness (QED) is 0.373. The van der Waals surface area contributed by atoms with E-state index in [4.69, 9.17) is 27.9 Å². The van der Waals surface area contributed by atoms with Gasteiger partial charge in [0.2, 0.25) is 5.13 Å². The van der Waals surface area contributed by atoms with E-state index < -0.39 is 20.7 Å². The molecule has 0 unspecified atom stereocenters. The molecule has 0 aliphatic heterocycles. The molecule has 2 aromatic heterocycles. The van der Waals surface area contributed by atoms with Crippen LogP contribution in [0.2, 0.25) is 10.0 Å². The first kappa shape index (κ1) is 21.5. The van der Waals surface area contributed by atoms with Gasteiger partial charge < -0.3 is 4.74 Å². The smallest absolute Gasteiger partial charge is 0.266 e. The number of rotatable bonds is 6. The Morgan fingerprint density at radius 3 is 2.65 bits per heavy atom. The molecule has 160 valence electrons. The molecule has 0 fully saturated rings. The predicted molar refractivity (Wildman–Crippen MR) is 116 cm³/mol. The van der Waals surface area contributed by atoms with E-state index in [0.29, 0.717) is 16.3 Å². The molecule has 0 saturated carbocycles. The fourth-order valence-corrected chi connectivity index (χ4v) is 4.94. The maximum absolute atomic E-state index is 14.7. The largest absolute Gasteiger partial charge is 0.455 e. The SMILES string of the molecule is Cc1[nH]ncc1-c1cc(Cl)ccc1Oc1cc(F)c(S(=O)(=O)Nc2nncs2)cc1Cl. The van der Waals surface area contributed by atoms with E-state index in [0.717, 1.165) is 34.7 Å². The third-order valence-electron chi connectivity index (χ3n) is 4.14. The normalized spacial score (nSPS) is 11.5. The highest BCUT2D eigenvalue weighted by atomic mass is 35.5. The highest BCUT2D eigenvalue weighted by molar-refractivity contribution is 7.93. The molecule has 13 heteroatoms. The molecule has 31 heavy (non-hydrogen) atoms. The molecular weight excluding hydrogens is 488 g/mol. The molecule has 8 nitrogen and oxygen atoms in total. The van der Waals surface area contributed by atoms with Crippen LogP contribution in [0.15, 0.2) is 46.9 Å². The first-order valence-corrected chi connectivity index (χ1v) is 11.6. The summed E-state index contributed by atoms with van der Waals surface area (Å²) in [6.07, 6.45) is 1.60. The van der Waals surface area contributed by atoms with E-state index in [9.17, 15) is 12.8 Å². The molecule has 0 spiro atoms. The van der Waals surface area contributed by atoms with Crippen molar-refractivity contribution in [2.24, 2.45) is 0 Å². The monoisotopic (exact) mass is 499 g/mol. The summed E-state index contributed by atoms with van der Waals surface area (Å²) in [6.45, 7) is 1.82.